The van der Waals surface area contributed by atoms with Gasteiger partial charge in [-0.25, -0.2) is 10.4 Å². The Morgan fingerprint density at radius 2 is 1.72 bits per heavy atom. The monoisotopic (exact) mass is 363 g/mol. The lowest BCUT2D eigenvalue weighted by Crippen LogP contribution is -2.54. The smallest absolute Gasteiger partial charge is 0.244 e. The summed E-state index contributed by atoms with van der Waals surface area (Å²) in [5, 5.41) is 5.79. The summed E-state index contributed by atoms with van der Waals surface area (Å²) in [6.45, 7) is 0. The number of hydrazine groups is 1. The summed E-state index contributed by atoms with van der Waals surface area (Å²) >= 11 is 2.02. The van der Waals surface area contributed by atoms with Gasteiger partial charge in [0.2, 0.25) is 5.91 Å². The molecule has 140 valence electrons. The molecule has 2 saturated carbocycles. The van der Waals surface area contributed by atoms with Gasteiger partial charge in [-0.1, -0.05) is 44.6 Å². The highest BCUT2D eigenvalue weighted by Crippen LogP contribution is 2.36. The van der Waals surface area contributed by atoms with Crippen LogP contribution in [0.5, 0.6) is 0 Å². The van der Waals surface area contributed by atoms with E-state index in [0.29, 0.717) is 23.9 Å². The van der Waals surface area contributed by atoms with Crippen LogP contribution in [0.4, 0.5) is 0 Å². The van der Waals surface area contributed by atoms with E-state index < -0.39 is 0 Å². The summed E-state index contributed by atoms with van der Waals surface area (Å²) in [5.41, 5.74) is 3.76. The summed E-state index contributed by atoms with van der Waals surface area (Å²) in [4.78, 5) is 12.6. The molecule has 0 spiro atoms. The van der Waals surface area contributed by atoms with Gasteiger partial charge in [0.1, 0.15) is 6.17 Å². The van der Waals surface area contributed by atoms with Crippen molar-refractivity contribution < 1.29 is 4.79 Å². The van der Waals surface area contributed by atoms with Crippen LogP contribution in [0.15, 0.2) is 12.2 Å². The zero-order chi connectivity index (χ0) is 17.1. The highest BCUT2D eigenvalue weighted by atomic mass is 32.2. The van der Waals surface area contributed by atoms with Gasteiger partial charge < -0.3 is 5.32 Å². The molecule has 1 amide bonds. The number of nitrogens with zero attached hydrogens (tertiary/aromatic N) is 1. The largest absolute Gasteiger partial charge is 0.335 e. The fourth-order valence-corrected chi connectivity index (χ4v) is 6.50. The third-order valence-electron chi connectivity index (χ3n) is 6.57. The average molecular weight is 364 g/mol. The van der Waals surface area contributed by atoms with Gasteiger partial charge in [0.05, 0.1) is 0 Å². The lowest BCUT2D eigenvalue weighted by atomic mass is 9.89. The topological polar surface area (TPSA) is 44.4 Å². The van der Waals surface area contributed by atoms with Crippen LogP contribution in [0.1, 0.15) is 64.2 Å². The van der Waals surface area contributed by atoms with Crippen molar-refractivity contribution in [1.82, 2.24) is 15.8 Å². The van der Waals surface area contributed by atoms with Crippen molar-refractivity contribution in [3.05, 3.63) is 12.2 Å². The number of fused-ring (bicyclic) bond motifs is 1. The zero-order valence-corrected chi connectivity index (χ0v) is 16.1. The van der Waals surface area contributed by atoms with Gasteiger partial charge in [-0.15, -0.1) is 0 Å². The molecule has 2 saturated heterocycles. The Morgan fingerprint density at radius 3 is 2.48 bits per heavy atom. The van der Waals surface area contributed by atoms with E-state index in [2.05, 4.69) is 21.8 Å². The maximum atomic E-state index is 12.6. The normalized spacial score (nSPS) is 35.3. The molecule has 4 aliphatic rings. The number of carbonyl (C=O) groups excluding carboxylic acids is 1. The third-order valence-corrected chi connectivity index (χ3v) is 7.79. The second kappa shape index (κ2) is 8.45. The molecular formula is C20H33N3OS. The van der Waals surface area contributed by atoms with Gasteiger partial charge in [0.15, 0.2) is 0 Å². The second-order valence-corrected chi connectivity index (χ2v) is 9.42. The second-order valence-electron chi connectivity index (χ2n) is 8.35. The van der Waals surface area contributed by atoms with Crippen LogP contribution >= 0.6 is 11.8 Å². The minimum Gasteiger partial charge on any atom is -0.335 e. The highest BCUT2D eigenvalue weighted by Gasteiger charge is 2.47. The number of hydrogen-bond donors (Lipinski definition) is 2. The molecule has 0 aromatic heterocycles. The predicted molar refractivity (Wildman–Crippen MR) is 104 cm³/mol. The number of hydrogen-bond acceptors (Lipinski definition) is 4. The van der Waals surface area contributed by atoms with Gasteiger partial charge in [0, 0.05) is 29.5 Å². The molecule has 0 radical (unpaired) electrons. The van der Waals surface area contributed by atoms with Gasteiger partial charge in [-0.3, -0.25) is 4.79 Å². The molecule has 0 bridgehead atoms. The standard InChI is InChI=1S/C20H33N3OS/c24-19(12-11-15-7-3-1-4-8-15)21-20-17-13-25-14-18(17)22-23(20)16-9-5-2-6-10-16/h11-12,15-18,20,22H,1-10,13-14H2,(H,21,24)/b12-11+. The number of allylic oxidation sites excluding steroid dienone is 1. The van der Waals surface area contributed by atoms with Crippen LogP contribution in [0.3, 0.4) is 0 Å². The van der Waals surface area contributed by atoms with Crippen LogP contribution in [0, 0.1) is 11.8 Å². The molecule has 0 aromatic carbocycles. The van der Waals surface area contributed by atoms with Gasteiger partial charge >= 0.3 is 0 Å². The van der Waals surface area contributed by atoms with Crippen molar-refractivity contribution in [2.24, 2.45) is 11.8 Å². The minimum absolute atomic E-state index is 0.107. The fraction of sp³-hybridized carbons (Fsp3) is 0.850. The van der Waals surface area contributed by atoms with E-state index in [9.17, 15) is 4.79 Å². The summed E-state index contributed by atoms with van der Waals surface area (Å²) < 4.78 is 0. The van der Waals surface area contributed by atoms with E-state index in [-0.39, 0.29) is 12.1 Å². The molecule has 5 heteroatoms. The molecule has 2 aliphatic heterocycles. The molecule has 2 N–H and O–H groups in total. The summed E-state index contributed by atoms with van der Waals surface area (Å²) in [6, 6.07) is 1.14. The Bertz CT molecular complexity index is 485. The predicted octanol–water partition coefficient (Wildman–Crippen LogP) is 3.45. The van der Waals surface area contributed by atoms with Crippen molar-refractivity contribution in [1.29, 1.82) is 0 Å². The molecule has 4 nitrogen and oxygen atoms in total. The van der Waals surface area contributed by atoms with Crippen molar-refractivity contribution in [3.8, 4) is 0 Å². The molecular weight excluding hydrogens is 330 g/mol. The van der Waals surface area contributed by atoms with Gasteiger partial charge in [0.25, 0.3) is 0 Å². The Balaban J connectivity index is 1.38. The van der Waals surface area contributed by atoms with Crippen molar-refractivity contribution in [3.63, 3.8) is 0 Å². The third kappa shape index (κ3) is 4.25. The number of amides is 1. The summed E-state index contributed by atoms with van der Waals surface area (Å²) in [5.74, 6) is 3.62. The average Bonchev–Trinajstić information content (AvgIpc) is 3.24. The van der Waals surface area contributed by atoms with E-state index in [0.717, 1.165) is 5.75 Å². The Kier molecular flexibility index (Phi) is 6.04. The molecule has 4 fully saturated rings. The number of carbonyl (C=O) groups is 1. The molecule has 0 aromatic rings. The van der Waals surface area contributed by atoms with E-state index in [1.807, 2.05) is 17.8 Å². The maximum Gasteiger partial charge on any atom is 0.244 e. The van der Waals surface area contributed by atoms with Crippen LogP contribution in [0.2, 0.25) is 0 Å². The Labute approximate surface area is 156 Å². The summed E-state index contributed by atoms with van der Waals surface area (Å²) in [7, 11) is 0. The van der Waals surface area contributed by atoms with Crippen molar-refractivity contribution in [2.75, 3.05) is 11.5 Å². The number of nitrogens with one attached hydrogen (secondary N) is 2. The highest BCUT2D eigenvalue weighted by molar-refractivity contribution is 7.99. The SMILES string of the molecule is O=C(/C=C/C1CCCCC1)NC1C2CSCC2NN1C1CCCCC1. The number of thioether (sulfide) groups is 1. The van der Waals surface area contributed by atoms with Crippen LogP contribution in [-0.2, 0) is 4.79 Å². The molecule has 3 unspecified atom stereocenters. The molecule has 3 atom stereocenters. The Hall–Kier alpha value is -0.520. The number of rotatable bonds is 4. The van der Waals surface area contributed by atoms with Crippen molar-refractivity contribution >= 4 is 17.7 Å². The maximum absolute atomic E-state index is 12.6. The first-order valence-corrected chi connectivity index (χ1v) is 11.6. The lowest BCUT2D eigenvalue weighted by molar-refractivity contribution is -0.119. The lowest BCUT2D eigenvalue weighted by Gasteiger charge is -2.36. The zero-order valence-electron chi connectivity index (χ0n) is 15.3. The first-order valence-electron chi connectivity index (χ1n) is 10.4. The first-order chi connectivity index (χ1) is 12.3. The molecule has 4 rings (SSSR count). The molecule has 2 aliphatic carbocycles. The minimum atomic E-state index is 0.107. The van der Waals surface area contributed by atoms with Crippen LogP contribution in [0.25, 0.3) is 0 Å². The fourth-order valence-electron chi connectivity index (χ4n) is 5.11. The first kappa shape index (κ1) is 17.9. The molecule has 2 heterocycles. The quantitative estimate of drug-likeness (QED) is 0.751. The van der Waals surface area contributed by atoms with E-state index in [4.69, 9.17) is 0 Å². The van der Waals surface area contributed by atoms with E-state index in [1.165, 1.54) is 70.0 Å². The van der Waals surface area contributed by atoms with Crippen LogP contribution in [-0.4, -0.2) is 40.7 Å². The van der Waals surface area contributed by atoms with Crippen LogP contribution < -0.4 is 10.7 Å². The van der Waals surface area contributed by atoms with E-state index >= 15 is 0 Å². The van der Waals surface area contributed by atoms with Gasteiger partial charge in [-0.2, -0.15) is 11.8 Å². The molecule has 25 heavy (non-hydrogen) atoms. The van der Waals surface area contributed by atoms with Crippen molar-refractivity contribution in [2.45, 2.75) is 82.5 Å². The van der Waals surface area contributed by atoms with Gasteiger partial charge in [-0.05, 0) is 37.7 Å². The van der Waals surface area contributed by atoms with E-state index in [1.54, 1.807) is 0 Å². The Morgan fingerprint density at radius 1 is 1.00 bits per heavy atom. The summed E-state index contributed by atoms with van der Waals surface area (Å²) in [6.07, 6.45) is 17.2.